The lowest BCUT2D eigenvalue weighted by atomic mass is 9.98. The summed E-state index contributed by atoms with van der Waals surface area (Å²) >= 11 is 0. The van der Waals surface area contributed by atoms with Crippen molar-refractivity contribution in [3.05, 3.63) is 59.7 Å². The van der Waals surface area contributed by atoms with Crippen molar-refractivity contribution >= 4 is 23.9 Å². The Bertz CT molecular complexity index is 1060. The molecule has 2 aromatic carbocycles. The summed E-state index contributed by atoms with van der Waals surface area (Å²) in [5, 5.41) is 14.1. The number of aliphatic carboxylic acids is 1. The third-order valence-electron chi connectivity index (χ3n) is 6.20. The summed E-state index contributed by atoms with van der Waals surface area (Å²) in [5.41, 5.74) is 4.31. The first-order valence-corrected chi connectivity index (χ1v) is 11.5. The van der Waals surface area contributed by atoms with E-state index in [2.05, 4.69) is 10.6 Å². The van der Waals surface area contributed by atoms with Gasteiger partial charge in [0.1, 0.15) is 12.6 Å². The predicted molar refractivity (Wildman–Crippen MR) is 130 cm³/mol. The van der Waals surface area contributed by atoms with Gasteiger partial charge in [0.2, 0.25) is 11.8 Å². The average molecular weight is 482 g/mol. The monoisotopic (exact) mass is 481 g/mol. The third-order valence-corrected chi connectivity index (χ3v) is 6.20. The van der Waals surface area contributed by atoms with E-state index in [1.165, 1.54) is 19.0 Å². The molecule has 0 radical (unpaired) electrons. The number of rotatable bonds is 10. The van der Waals surface area contributed by atoms with Gasteiger partial charge >= 0.3 is 12.1 Å². The Labute approximate surface area is 204 Å². The number of likely N-dealkylation sites (N-methyl/N-ethyl adjacent to an activating group) is 1. The number of nitrogens with zero attached hydrogens (tertiary/aromatic N) is 1. The van der Waals surface area contributed by atoms with Gasteiger partial charge in [-0.3, -0.25) is 14.4 Å². The molecule has 186 valence electrons. The summed E-state index contributed by atoms with van der Waals surface area (Å²) in [7, 11) is 3.02. The van der Waals surface area contributed by atoms with E-state index in [1.807, 2.05) is 48.5 Å². The van der Waals surface area contributed by atoms with Crippen molar-refractivity contribution in [1.29, 1.82) is 0 Å². The van der Waals surface area contributed by atoms with Gasteiger partial charge in [0.05, 0.1) is 5.92 Å². The van der Waals surface area contributed by atoms with Gasteiger partial charge in [0.15, 0.2) is 0 Å². The molecule has 3 N–H and O–H groups in total. The number of carboxylic acids is 1. The molecule has 35 heavy (non-hydrogen) atoms. The van der Waals surface area contributed by atoms with Crippen molar-refractivity contribution in [2.24, 2.45) is 5.92 Å². The number of carboxylic acid groups (broad SMARTS) is 1. The number of hydrogen-bond donors (Lipinski definition) is 3. The molecule has 2 unspecified atom stereocenters. The molecule has 0 saturated carbocycles. The molecule has 0 saturated heterocycles. The Hall–Kier alpha value is -3.88. The molecule has 0 aliphatic heterocycles. The smallest absolute Gasteiger partial charge is 0.407 e. The Morgan fingerprint density at radius 1 is 1.03 bits per heavy atom. The van der Waals surface area contributed by atoms with Crippen molar-refractivity contribution in [2.75, 3.05) is 27.2 Å². The first-order valence-electron chi connectivity index (χ1n) is 11.5. The molecule has 3 rings (SSSR count). The summed E-state index contributed by atoms with van der Waals surface area (Å²) in [6, 6.07) is 14.8. The maximum atomic E-state index is 13.0. The molecule has 9 nitrogen and oxygen atoms in total. The number of ether oxygens (including phenoxy) is 1. The normalized spacial score (nSPS) is 13.7. The van der Waals surface area contributed by atoms with Crippen molar-refractivity contribution in [3.63, 3.8) is 0 Å². The van der Waals surface area contributed by atoms with E-state index in [0.717, 1.165) is 22.3 Å². The van der Waals surface area contributed by atoms with Crippen LogP contribution in [0.1, 0.15) is 36.8 Å². The Morgan fingerprint density at radius 3 is 2.14 bits per heavy atom. The minimum absolute atomic E-state index is 0.0727. The molecule has 0 heterocycles. The van der Waals surface area contributed by atoms with Crippen LogP contribution in [0.25, 0.3) is 11.1 Å². The van der Waals surface area contributed by atoms with Crippen LogP contribution in [-0.4, -0.2) is 67.2 Å². The quantitative estimate of drug-likeness (QED) is 0.479. The van der Waals surface area contributed by atoms with Gasteiger partial charge in [-0.1, -0.05) is 55.5 Å². The molecule has 2 atom stereocenters. The Balaban J connectivity index is 1.66. The van der Waals surface area contributed by atoms with E-state index in [9.17, 15) is 19.2 Å². The molecular weight excluding hydrogens is 450 g/mol. The molecule has 1 aliphatic carbocycles. The molecule has 0 aromatic heterocycles. The lowest BCUT2D eigenvalue weighted by Gasteiger charge is -2.26. The van der Waals surface area contributed by atoms with E-state index < -0.39 is 29.9 Å². The van der Waals surface area contributed by atoms with Crippen LogP contribution in [0.15, 0.2) is 48.5 Å². The van der Waals surface area contributed by atoms with Crippen LogP contribution in [-0.2, 0) is 19.1 Å². The van der Waals surface area contributed by atoms with Crippen LogP contribution in [0.5, 0.6) is 0 Å². The van der Waals surface area contributed by atoms with Crippen LogP contribution < -0.4 is 10.6 Å². The van der Waals surface area contributed by atoms with Gasteiger partial charge < -0.3 is 25.4 Å². The number of nitrogens with one attached hydrogen (secondary N) is 2. The second-order valence-corrected chi connectivity index (χ2v) is 8.69. The van der Waals surface area contributed by atoms with E-state index in [4.69, 9.17) is 9.84 Å². The van der Waals surface area contributed by atoms with Crippen LogP contribution in [0, 0.1) is 5.92 Å². The van der Waals surface area contributed by atoms with Crippen LogP contribution in [0.2, 0.25) is 0 Å². The first kappa shape index (κ1) is 25.7. The number of carbonyl (C=O) groups is 4. The Morgan fingerprint density at radius 2 is 1.60 bits per heavy atom. The number of benzene rings is 2. The topological polar surface area (TPSA) is 125 Å². The fraction of sp³-hybridized carbons (Fsp3) is 0.385. The summed E-state index contributed by atoms with van der Waals surface area (Å²) in [4.78, 5) is 49.8. The lowest BCUT2D eigenvalue weighted by Crippen LogP contribution is -2.49. The zero-order valence-corrected chi connectivity index (χ0v) is 20.1. The van der Waals surface area contributed by atoms with E-state index in [1.54, 1.807) is 6.92 Å². The van der Waals surface area contributed by atoms with Crippen LogP contribution >= 0.6 is 0 Å². The van der Waals surface area contributed by atoms with Gasteiger partial charge in [-0.05, 0) is 28.7 Å². The van der Waals surface area contributed by atoms with Crippen molar-refractivity contribution in [3.8, 4) is 11.1 Å². The summed E-state index contributed by atoms with van der Waals surface area (Å²) in [5.74, 6) is -2.41. The highest BCUT2D eigenvalue weighted by molar-refractivity contribution is 5.87. The van der Waals surface area contributed by atoms with E-state index in [0.29, 0.717) is 0 Å². The minimum Gasteiger partial charge on any atom is -0.481 e. The Kier molecular flexibility index (Phi) is 8.46. The molecule has 2 aromatic rings. The number of alkyl carbamates (subject to hydrolysis) is 1. The number of carbonyl (C=O) groups excluding carboxylic acids is 3. The largest absolute Gasteiger partial charge is 0.481 e. The van der Waals surface area contributed by atoms with Crippen molar-refractivity contribution in [2.45, 2.75) is 31.7 Å². The number of amides is 3. The highest BCUT2D eigenvalue weighted by Crippen LogP contribution is 2.44. The fourth-order valence-electron chi connectivity index (χ4n) is 4.40. The molecule has 1 aliphatic rings. The first-order chi connectivity index (χ1) is 16.7. The zero-order chi connectivity index (χ0) is 25.5. The average Bonchev–Trinajstić information content (AvgIpc) is 3.17. The molecular formula is C26H31N3O6. The van der Waals surface area contributed by atoms with Gasteiger partial charge in [0.25, 0.3) is 0 Å². The SMILES string of the molecule is CNC(=O)C(C)CN(C)C(=O)C(CCC(=O)O)NC(=O)OCC1c2ccccc2-c2ccccc21. The van der Waals surface area contributed by atoms with Crippen LogP contribution in [0.4, 0.5) is 4.79 Å². The van der Waals surface area contributed by atoms with Gasteiger partial charge in [-0.2, -0.15) is 0 Å². The number of fused-ring (bicyclic) bond motifs is 3. The van der Waals surface area contributed by atoms with Gasteiger partial charge in [-0.25, -0.2) is 4.79 Å². The maximum Gasteiger partial charge on any atom is 0.407 e. The molecule has 3 amide bonds. The highest BCUT2D eigenvalue weighted by Gasteiger charge is 2.31. The van der Waals surface area contributed by atoms with E-state index >= 15 is 0 Å². The second kappa shape index (κ2) is 11.5. The molecule has 0 spiro atoms. The highest BCUT2D eigenvalue weighted by atomic mass is 16.5. The second-order valence-electron chi connectivity index (χ2n) is 8.69. The van der Waals surface area contributed by atoms with Gasteiger partial charge in [-0.15, -0.1) is 0 Å². The number of hydrogen-bond acceptors (Lipinski definition) is 5. The van der Waals surface area contributed by atoms with Gasteiger partial charge in [0, 0.05) is 33.0 Å². The predicted octanol–water partition coefficient (Wildman–Crippen LogP) is 2.60. The summed E-state index contributed by atoms with van der Waals surface area (Å²) < 4.78 is 5.51. The third kappa shape index (κ3) is 6.17. The standard InChI is InChI=1S/C26H31N3O6/c1-16(24(32)27-2)14-29(3)25(33)22(12-13-23(30)31)28-26(34)35-15-21-19-10-6-4-8-17(19)18-9-5-7-11-20(18)21/h4-11,16,21-22H,12-15H2,1-3H3,(H,27,32)(H,28,34)(H,30,31). The summed E-state index contributed by atoms with van der Waals surface area (Å²) in [6.45, 7) is 1.87. The maximum absolute atomic E-state index is 13.0. The molecule has 0 fully saturated rings. The lowest BCUT2D eigenvalue weighted by molar-refractivity contribution is -0.137. The van der Waals surface area contributed by atoms with Crippen molar-refractivity contribution in [1.82, 2.24) is 15.5 Å². The molecule has 9 heteroatoms. The van der Waals surface area contributed by atoms with Crippen LogP contribution in [0.3, 0.4) is 0 Å². The summed E-state index contributed by atoms with van der Waals surface area (Å²) in [6.07, 6.45) is -1.21. The molecule has 0 bridgehead atoms. The minimum atomic E-state index is -1.09. The zero-order valence-electron chi connectivity index (χ0n) is 20.1. The van der Waals surface area contributed by atoms with E-state index in [-0.39, 0.29) is 37.8 Å². The van der Waals surface area contributed by atoms with Crippen molar-refractivity contribution < 1.29 is 29.0 Å². The fourth-order valence-corrected chi connectivity index (χ4v) is 4.40.